The standard InChI is InChI=1S/C44H55N5O6S/c1-26(2)25-56(53,54)46-42(50)29-12-16-36-38(20-29)47-24-31(18-30-19-34(55-6)15-17-35(30)41(47)39(36)28-10-8-7-9-11-28)40-37(23-45-49(40)27(3)4)43(51)48-32-13-14-33(48)22-44(5,52)21-32/h12,15-20,23,26-28,32-33,52H,7-11,13-14,21-22,24-25H2,1-6H3,(H,46,50)/t32-,33+,44?. The highest BCUT2D eigenvalue weighted by atomic mass is 32.2. The fourth-order valence-electron chi connectivity index (χ4n) is 10.2. The molecule has 3 atom stereocenters. The van der Waals surface area contributed by atoms with Gasteiger partial charge in [-0.2, -0.15) is 5.10 Å². The lowest BCUT2D eigenvalue weighted by Crippen LogP contribution is -2.52. The average Bonchev–Trinajstić information content (AvgIpc) is 3.77. The Hall–Kier alpha value is -4.42. The zero-order valence-corrected chi connectivity index (χ0v) is 34.3. The minimum atomic E-state index is -3.83. The van der Waals surface area contributed by atoms with Gasteiger partial charge < -0.3 is 19.3 Å². The third kappa shape index (κ3) is 6.97. The summed E-state index contributed by atoms with van der Waals surface area (Å²) >= 11 is 0. The number of rotatable bonds is 9. The van der Waals surface area contributed by atoms with Gasteiger partial charge in [-0.15, -0.1) is 0 Å². The van der Waals surface area contributed by atoms with E-state index >= 15 is 0 Å². The van der Waals surface area contributed by atoms with E-state index in [0.717, 1.165) is 83.3 Å². The Kier molecular flexibility index (Phi) is 9.96. The summed E-state index contributed by atoms with van der Waals surface area (Å²) in [5.74, 6) is 0.0169. The first-order valence-corrected chi connectivity index (χ1v) is 22.0. The number of allylic oxidation sites excluding steroid dienone is 1. The Morgan fingerprint density at radius 1 is 0.982 bits per heavy atom. The topological polar surface area (TPSA) is 136 Å². The molecule has 4 aromatic rings. The number of methoxy groups -OCH3 is 1. The molecule has 3 fully saturated rings. The molecule has 2 N–H and O–H groups in total. The second kappa shape index (κ2) is 14.5. The Bertz CT molecular complexity index is 2330. The predicted molar refractivity (Wildman–Crippen MR) is 219 cm³/mol. The number of fused-ring (bicyclic) bond motifs is 7. The van der Waals surface area contributed by atoms with Crippen LogP contribution >= 0.6 is 0 Å². The summed E-state index contributed by atoms with van der Waals surface area (Å²) in [6, 6.07) is 11.6. The van der Waals surface area contributed by atoms with Gasteiger partial charge in [0.2, 0.25) is 10.0 Å². The number of aromatic nitrogens is 3. The van der Waals surface area contributed by atoms with E-state index in [4.69, 9.17) is 9.84 Å². The van der Waals surface area contributed by atoms with Gasteiger partial charge >= 0.3 is 0 Å². The van der Waals surface area contributed by atoms with Gasteiger partial charge in [-0.05, 0) is 124 Å². The molecule has 2 aromatic heterocycles. The van der Waals surface area contributed by atoms with Gasteiger partial charge in [0.25, 0.3) is 11.8 Å². The zero-order valence-electron chi connectivity index (χ0n) is 33.5. The predicted octanol–water partition coefficient (Wildman–Crippen LogP) is 7.93. The molecule has 1 aliphatic carbocycles. The number of ether oxygens (including phenoxy) is 1. The molecule has 298 valence electrons. The number of carbonyl (C=O) groups is 2. The number of benzene rings is 2. The SMILES string of the molecule is COc1ccc2c(c1)C=C(c1c(C(=O)N3[C@@H]4CC[C@H]3CC(C)(O)C4)cnn1C(C)C)Cn1c-2c(C2CCCCC2)c2ccc(C(=O)NS(=O)(=O)CC(C)C)cc21. The molecule has 5 heterocycles. The van der Waals surface area contributed by atoms with Crippen molar-refractivity contribution in [3.63, 3.8) is 0 Å². The summed E-state index contributed by atoms with van der Waals surface area (Å²) < 4.78 is 38.1. The van der Waals surface area contributed by atoms with Crippen molar-refractivity contribution in [2.45, 2.75) is 129 Å². The van der Waals surface area contributed by atoms with E-state index in [1.807, 2.05) is 48.6 Å². The highest BCUT2D eigenvalue weighted by Gasteiger charge is 2.48. The van der Waals surface area contributed by atoms with E-state index in [-0.39, 0.29) is 41.3 Å². The van der Waals surface area contributed by atoms with Crippen LogP contribution in [0.4, 0.5) is 0 Å². The number of carbonyl (C=O) groups excluding carboxylic acids is 2. The fraction of sp³-hybridized carbons (Fsp3) is 0.523. The van der Waals surface area contributed by atoms with Crippen molar-refractivity contribution >= 4 is 44.4 Å². The van der Waals surface area contributed by atoms with E-state index in [1.54, 1.807) is 19.4 Å². The van der Waals surface area contributed by atoms with Gasteiger partial charge in [-0.3, -0.25) is 14.3 Å². The Balaban J connectivity index is 1.32. The molecule has 2 saturated heterocycles. The minimum Gasteiger partial charge on any atom is -0.497 e. The van der Waals surface area contributed by atoms with Crippen LogP contribution in [0.15, 0.2) is 42.6 Å². The van der Waals surface area contributed by atoms with Crippen LogP contribution in [0.3, 0.4) is 0 Å². The molecular formula is C44H55N5O6S. The molecular weight excluding hydrogens is 727 g/mol. The van der Waals surface area contributed by atoms with Crippen LogP contribution < -0.4 is 9.46 Å². The number of hydrogen-bond acceptors (Lipinski definition) is 7. The maximum Gasteiger partial charge on any atom is 0.264 e. The number of piperidine rings is 1. The van der Waals surface area contributed by atoms with E-state index in [1.165, 1.54) is 12.0 Å². The highest BCUT2D eigenvalue weighted by molar-refractivity contribution is 7.90. The minimum absolute atomic E-state index is 0.0356. The van der Waals surface area contributed by atoms with Gasteiger partial charge in [0.1, 0.15) is 5.75 Å². The number of aliphatic hydroxyl groups is 1. The second-order valence-electron chi connectivity index (χ2n) is 17.6. The Labute approximate surface area is 330 Å². The molecule has 4 aliphatic rings. The quantitative estimate of drug-likeness (QED) is 0.176. The first-order valence-electron chi connectivity index (χ1n) is 20.4. The lowest BCUT2D eigenvalue weighted by atomic mass is 9.81. The van der Waals surface area contributed by atoms with Crippen LogP contribution in [0, 0.1) is 5.92 Å². The molecule has 2 amide bonds. The first-order chi connectivity index (χ1) is 26.6. The average molecular weight is 782 g/mol. The number of hydrogen-bond donors (Lipinski definition) is 2. The van der Waals surface area contributed by atoms with E-state index in [2.05, 4.69) is 41.3 Å². The number of amides is 2. The zero-order chi connectivity index (χ0) is 39.7. The van der Waals surface area contributed by atoms with Crippen molar-refractivity contribution in [1.82, 2.24) is 24.0 Å². The normalized spacial score (nSPS) is 22.6. The van der Waals surface area contributed by atoms with Gasteiger partial charge in [-0.1, -0.05) is 39.2 Å². The van der Waals surface area contributed by atoms with Gasteiger partial charge in [0.05, 0.1) is 48.2 Å². The van der Waals surface area contributed by atoms with Crippen LogP contribution in [0.5, 0.6) is 5.75 Å². The van der Waals surface area contributed by atoms with Crippen LogP contribution in [-0.2, 0) is 16.6 Å². The lowest BCUT2D eigenvalue weighted by molar-refractivity contribution is -0.0300. The third-order valence-corrected chi connectivity index (χ3v) is 14.0. The van der Waals surface area contributed by atoms with Crippen LogP contribution in [0.2, 0.25) is 0 Å². The van der Waals surface area contributed by atoms with Crippen LogP contribution in [0.1, 0.15) is 142 Å². The molecule has 3 aliphatic heterocycles. The summed E-state index contributed by atoms with van der Waals surface area (Å²) in [4.78, 5) is 30.5. The maximum absolute atomic E-state index is 14.8. The molecule has 12 heteroatoms. The fourth-order valence-corrected chi connectivity index (χ4v) is 11.5. The first kappa shape index (κ1) is 38.5. The second-order valence-corrected chi connectivity index (χ2v) is 19.4. The maximum atomic E-state index is 14.8. The van der Waals surface area contributed by atoms with Crippen molar-refractivity contribution < 1.29 is 27.9 Å². The summed E-state index contributed by atoms with van der Waals surface area (Å²) in [5, 5.41) is 16.9. The van der Waals surface area contributed by atoms with Crippen molar-refractivity contribution in [2.75, 3.05) is 12.9 Å². The van der Waals surface area contributed by atoms with Crippen molar-refractivity contribution in [2.24, 2.45) is 5.92 Å². The Morgan fingerprint density at radius 2 is 1.70 bits per heavy atom. The van der Waals surface area contributed by atoms with E-state index in [0.29, 0.717) is 30.9 Å². The molecule has 0 radical (unpaired) electrons. The molecule has 8 rings (SSSR count). The lowest BCUT2D eigenvalue weighted by Gasteiger charge is -2.42. The van der Waals surface area contributed by atoms with Crippen molar-refractivity contribution in [1.29, 1.82) is 0 Å². The summed E-state index contributed by atoms with van der Waals surface area (Å²) in [7, 11) is -2.17. The molecule has 11 nitrogen and oxygen atoms in total. The Morgan fingerprint density at radius 3 is 2.36 bits per heavy atom. The van der Waals surface area contributed by atoms with Gasteiger partial charge in [-0.25, -0.2) is 13.1 Å². The van der Waals surface area contributed by atoms with Crippen LogP contribution in [0.25, 0.3) is 33.8 Å². The van der Waals surface area contributed by atoms with Gasteiger partial charge in [0, 0.05) is 40.2 Å². The third-order valence-electron chi connectivity index (χ3n) is 12.4. The van der Waals surface area contributed by atoms with Crippen molar-refractivity contribution in [3.8, 4) is 17.0 Å². The summed E-state index contributed by atoms with van der Waals surface area (Å²) in [6.45, 7) is 10.0. The number of nitrogens with one attached hydrogen (secondary N) is 1. The van der Waals surface area contributed by atoms with Crippen LogP contribution in [-0.4, -0.2) is 75.1 Å². The van der Waals surface area contributed by atoms with E-state index < -0.39 is 21.5 Å². The molecule has 2 bridgehead atoms. The molecule has 2 aromatic carbocycles. The summed E-state index contributed by atoms with van der Waals surface area (Å²) in [5.41, 5.74) is 6.79. The molecule has 1 saturated carbocycles. The smallest absolute Gasteiger partial charge is 0.264 e. The number of sulfonamides is 1. The summed E-state index contributed by atoms with van der Waals surface area (Å²) in [6.07, 6.45) is 12.3. The monoisotopic (exact) mass is 781 g/mol. The highest BCUT2D eigenvalue weighted by Crippen LogP contribution is 2.49. The molecule has 0 spiro atoms. The largest absolute Gasteiger partial charge is 0.497 e. The van der Waals surface area contributed by atoms with Gasteiger partial charge in [0.15, 0.2) is 0 Å². The van der Waals surface area contributed by atoms with E-state index in [9.17, 15) is 23.1 Å². The van der Waals surface area contributed by atoms with Crippen molar-refractivity contribution in [3.05, 3.63) is 70.5 Å². The molecule has 1 unspecified atom stereocenters. The number of nitrogens with zero attached hydrogens (tertiary/aromatic N) is 4. The molecule has 56 heavy (non-hydrogen) atoms.